The Morgan fingerprint density at radius 1 is 1.67 bits per heavy atom. The predicted molar refractivity (Wildman–Crippen MR) is 55.1 cm³/mol. The van der Waals surface area contributed by atoms with E-state index < -0.39 is 0 Å². The Bertz CT molecular complexity index is 337. The Balaban J connectivity index is 2.40. The van der Waals surface area contributed by atoms with E-state index in [2.05, 4.69) is 0 Å². The number of hydrogen-bond donors (Lipinski definition) is 1. The molecule has 4 nitrogen and oxygen atoms in total. The summed E-state index contributed by atoms with van der Waals surface area (Å²) in [5.41, 5.74) is 1.52. The van der Waals surface area contributed by atoms with Crippen LogP contribution in [0.25, 0.3) is 0 Å². The normalized spacial score (nSPS) is 35.3. The van der Waals surface area contributed by atoms with Crippen molar-refractivity contribution in [2.75, 3.05) is 13.2 Å². The maximum atomic E-state index is 12.1. The second kappa shape index (κ2) is 3.32. The summed E-state index contributed by atoms with van der Waals surface area (Å²) in [4.78, 5) is 13.9. The molecule has 1 N–H and O–H groups in total. The number of aliphatic hydroxyl groups is 1. The third-order valence-electron chi connectivity index (χ3n) is 3.60. The third-order valence-corrected chi connectivity index (χ3v) is 3.60. The van der Waals surface area contributed by atoms with Gasteiger partial charge in [-0.1, -0.05) is 0 Å². The SMILES string of the molecule is CC1=C(CCO)C(=O)N2[C@@H](C)OC[C@]12C. The molecule has 0 aromatic heterocycles. The first-order chi connectivity index (χ1) is 7.02. The Labute approximate surface area is 89.5 Å². The van der Waals surface area contributed by atoms with Gasteiger partial charge in [0.2, 0.25) is 0 Å². The topological polar surface area (TPSA) is 49.8 Å². The number of nitrogens with zero attached hydrogens (tertiary/aromatic N) is 1. The van der Waals surface area contributed by atoms with Gasteiger partial charge in [0.05, 0.1) is 12.1 Å². The molecule has 1 amide bonds. The maximum absolute atomic E-state index is 12.1. The lowest BCUT2D eigenvalue weighted by Crippen LogP contribution is -2.45. The van der Waals surface area contributed by atoms with Gasteiger partial charge in [-0.15, -0.1) is 0 Å². The quantitative estimate of drug-likeness (QED) is 0.730. The van der Waals surface area contributed by atoms with E-state index in [4.69, 9.17) is 9.84 Å². The molecule has 84 valence electrons. The molecule has 1 fully saturated rings. The van der Waals surface area contributed by atoms with Crippen molar-refractivity contribution in [2.45, 2.75) is 39.0 Å². The molecule has 0 unspecified atom stereocenters. The van der Waals surface area contributed by atoms with E-state index >= 15 is 0 Å². The molecule has 0 saturated carbocycles. The van der Waals surface area contributed by atoms with Crippen molar-refractivity contribution in [3.63, 3.8) is 0 Å². The number of hydrogen-bond acceptors (Lipinski definition) is 3. The average Bonchev–Trinajstić information content (AvgIpc) is 2.58. The van der Waals surface area contributed by atoms with E-state index in [9.17, 15) is 4.79 Å². The summed E-state index contributed by atoms with van der Waals surface area (Å²) in [6, 6.07) is 0. The summed E-state index contributed by atoms with van der Waals surface area (Å²) in [5.74, 6) is 0.0223. The fraction of sp³-hybridized carbons (Fsp3) is 0.727. The van der Waals surface area contributed by atoms with Crippen molar-refractivity contribution in [2.24, 2.45) is 0 Å². The molecule has 2 heterocycles. The zero-order valence-electron chi connectivity index (χ0n) is 9.41. The van der Waals surface area contributed by atoms with Crippen LogP contribution in [0.1, 0.15) is 27.2 Å². The number of amides is 1. The van der Waals surface area contributed by atoms with Crippen molar-refractivity contribution in [1.82, 2.24) is 4.90 Å². The lowest BCUT2D eigenvalue weighted by atomic mass is 9.93. The van der Waals surface area contributed by atoms with E-state index in [1.165, 1.54) is 0 Å². The van der Waals surface area contributed by atoms with Gasteiger partial charge in [-0.2, -0.15) is 0 Å². The van der Waals surface area contributed by atoms with E-state index in [0.29, 0.717) is 13.0 Å². The zero-order chi connectivity index (χ0) is 11.2. The average molecular weight is 211 g/mol. The van der Waals surface area contributed by atoms with Crippen molar-refractivity contribution in [3.8, 4) is 0 Å². The minimum Gasteiger partial charge on any atom is -0.396 e. The highest BCUT2D eigenvalue weighted by atomic mass is 16.5. The minimum atomic E-state index is -0.291. The van der Waals surface area contributed by atoms with Crippen LogP contribution in [0.5, 0.6) is 0 Å². The van der Waals surface area contributed by atoms with Gasteiger partial charge in [0.15, 0.2) is 0 Å². The molecular formula is C11H17NO3. The first kappa shape index (κ1) is 10.6. The molecule has 15 heavy (non-hydrogen) atoms. The molecular weight excluding hydrogens is 194 g/mol. The molecule has 2 aliphatic rings. The lowest BCUT2D eigenvalue weighted by molar-refractivity contribution is -0.132. The second-order valence-electron chi connectivity index (χ2n) is 4.44. The van der Waals surface area contributed by atoms with E-state index in [1.54, 1.807) is 4.90 Å². The zero-order valence-corrected chi connectivity index (χ0v) is 9.41. The van der Waals surface area contributed by atoms with Gasteiger partial charge < -0.3 is 14.7 Å². The van der Waals surface area contributed by atoms with Crippen LogP contribution in [0.4, 0.5) is 0 Å². The molecule has 0 radical (unpaired) electrons. The standard InChI is InChI=1S/C11H17NO3/c1-7-9(4-5-13)10(14)12-8(2)15-6-11(7,12)3/h8,13H,4-6H2,1-3H3/t8-,11-/m1/s1. The van der Waals surface area contributed by atoms with E-state index in [0.717, 1.165) is 11.1 Å². The molecule has 0 bridgehead atoms. The number of ether oxygens (including phenoxy) is 1. The second-order valence-corrected chi connectivity index (χ2v) is 4.44. The van der Waals surface area contributed by atoms with Crippen LogP contribution in [0.15, 0.2) is 11.1 Å². The van der Waals surface area contributed by atoms with Gasteiger partial charge in [0.1, 0.15) is 6.23 Å². The van der Waals surface area contributed by atoms with Crippen molar-refractivity contribution >= 4 is 5.91 Å². The van der Waals surface area contributed by atoms with Crippen molar-refractivity contribution < 1.29 is 14.6 Å². The van der Waals surface area contributed by atoms with Gasteiger partial charge in [-0.25, -0.2) is 0 Å². The summed E-state index contributed by atoms with van der Waals surface area (Å²) in [5, 5.41) is 8.94. The van der Waals surface area contributed by atoms with Crippen molar-refractivity contribution in [1.29, 1.82) is 0 Å². The number of rotatable bonds is 2. The van der Waals surface area contributed by atoms with Crippen LogP contribution in [-0.4, -0.2) is 40.9 Å². The Morgan fingerprint density at radius 2 is 2.33 bits per heavy atom. The van der Waals surface area contributed by atoms with Crippen LogP contribution in [-0.2, 0) is 9.53 Å². The summed E-state index contributed by atoms with van der Waals surface area (Å²) < 4.78 is 5.50. The highest BCUT2D eigenvalue weighted by molar-refractivity contribution is 5.98. The highest BCUT2D eigenvalue weighted by Gasteiger charge is 2.52. The summed E-state index contributed by atoms with van der Waals surface area (Å²) >= 11 is 0. The number of aliphatic hydroxyl groups excluding tert-OH is 1. The van der Waals surface area contributed by atoms with Crippen LogP contribution in [0.3, 0.4) is 0 Å². The van der Waals surface area contributed by atoms with Gasteiger partial charge in [0.25, 0.3) is 5.91 Å². The molecule has 0 spiro atoms. The largest absolute Gasteiger partial charge is 0.396 e. The molecule has 0 aromatic rings. The predicted octanol–water partition coefficient (Wildman–Crippen LogP) is 0.662. The molecule has 0 aromatic carbocycles. The third kappa shape index (κ3) is 1.25. The van der Waals surface area contributed by atoms with Gasteiger partial charge in [-0.3, -0.25) is 4.79 Å². The minimum absolute atomic E-state index is 0.0223. The lowest BCUT2D eigenvalue weighted by Gasteiger charge is -2.29. The highest BCUT2D eigenvalue weighted by Crippen LogP contribution is 2.42. The van der Waals surface area contributed by atoms with Gasteiger partial charge in [0, 0.05) is 18.6 Å². The van der Waals surface area contributed by atoms with Crippen LogP contribution >= 0.6 is 0 Å². The van der Waals surface area contributed by atoms with Gasteiger partial charge >= 0.3 is 0 Å². The molecule has 2 aliphatic heterocycles. The fourth-order valence-electron chi connectivity index (χ4n) is 2.54. The first-order valence-corrected chi connectivity index (χ1v) is 5.28. The summed E-state index contributed by atoms with van der Waals surface area (Å²) in [6.07, 6.45) is 0.289. The van der Waals surface area contributed by atoms with E-state index in [-0.39, 0.29) is 24.3 Å². The monoisotopic (exact) mass is 211 g/mol. The molecule has 2 rings (SSSR count). The first-order valence-electron chi connectivity index (χ1n) is 5.28. The fourth-order valence-corrected chi connectivity index (χ4v) is 2.54. The van der Waals surface area contributed by atoms with Crippen LogP contribution < -0.4 is 0 Å². The Kier molecular flexibility index (Phi) is 2.35. The van der Waals surface area contributed by atoms with Gasteiger partial charge in [-0.05, 0) is 26.3 Å². The molecule has 2 atom stereocenters. The Hall–Kier alpha value is -0.870. The smallest absolute Gasteiger partial charge is 0.252 e. The number of fused-ring (bicyclic) bond motifs is 1. The van der Waals surface area contributed by atoms with Crippen LogP contribution in [0.2, 0.25) is 0 Å². The van der Waals surface area contributed by atoms with Crippen LogP contribution in [0, 0.1) is 0 Å². The summed E-state index contributed by atoms with van der Waals surface area (Å²) in [6.45, 7) is 6.45. The molecule has 0 aliphatic carbocycles. The van der Waals surface area contributed by atoms with E-state index in [1.807, 2.05) is 20.8 Å². The van der Waals surface area contributed by atoms with Crippen molar-refractivity contribution in [3.05, 3.63) is 11.1 Å². The molecule has 4 heteroatoms. The Morgan fingerprint density at radius 3 is 2.87 bits per heavy atom. The number of carbonyl (C=O) groups excluding carboxylic acids is 1. The number of carbonyl (C=O) groups is 1. The summed E-state index contributed by atoms with van der Waals surface area (Å²) in [7, 11) is 0. The molecule has 1 saturated heterocycles. The maximum Gasteiger partial charge on any atom is 0.252 e.